The molecule has 0 radical (unpaired) electrons. The highest BCUT2D eigenvalue weighted by Gasteiger charge is 1.99. The van der Waals surface area contributed by atoms with Gasteiger partial charge in [0, 0.05) is 22.8 Å². The molecule has 3 nitrogen and oxygen atoms in total. The van der Waals surface area contributed by atoms with Gasteiger partial charge in [0.05, 0.1) is 0 Å². The molecule has 0 aliphatic carbocycles. The third kappa shape index (κ3) is 3.01. The average molecular weight is 251 g/mol. The lowest BCUT2D eigenvalue weighted by atomic mass is 10.2. The molecule has 0 spiro atoms. The fourth-order valence-corrected chi connectivity index (χ4v) is 1.43. The number of aromatic nitrogens is 2. The molecule has 1 aromatic heterocycles. The summed E-state index contributed by atoms with van der Waals surface area (Å²) < 4.78 is 13.4. The van der Waals surface area contributed by atoms with Gasteiger partial charge in [0.2, 0.25) is 0 Å². The highest BCUT2D eigenvalue weighted by atomic mass is 35.5. The van der Waals surface area contributed by atoms with Gasteiger partial charge in [-0.2, -0.15) is 0 Å². The van der Waals surface area contributed by atoms with Crippen molar-refractivity contribution in [3.8, 4) is 0 Å². The molecular weight excluding hydrogens is 243 g/mol. The fraction of sp³-hybridized carbons (Fsp3) is 0. The van der Waals surface area contributed by atoms with Crippen molar-refractivity contribution >= 4 is 23.8 Å². The van der Waals surface area contributed by atoms with Gasteiger partial charge in [-0.3, -0.25) is 4.79 Å². The molecule has 0 unspecified atom stereocenters. The zero-order valence-corrected chi connectivity index (χ0v) is 9.41. The van der Waals surface area contributed by atoms with Gasteiger partial charge in [-0.1, -0.05) is 17.7 Å². The predicted octanol–water partition coefficient (Wildman–Crippen LogP) is 2.73. The second-order valence-electron chi connectivity index (χ2n) is 3.32. The summed E-state index contributed by atoms with van der Waals surface area (Å²) in [6, 6.07) is 5.67. The number of rotatable bonds is 2. The first-order valence-electron chi connectivity index (χ1n) is 4.83. The van der Waals surface area contributed by atoms with Crippen LogP contribution in [0.25, 0.3) is 12.2 Å². The molecular formula is C12H8ClFN2O. The van der Waals surface area contributed by atoms with Gasteiger partial charge in [-0.15, -0.1) is 0 Å². The van der Waals surface area contributed by atoms with Crippen LogP contribution in [0.1, 0.15) is 11.4 Å². The van der Waals surface area contributed by atoms with Crippen molar-refractivity contribution in [1.29, 1.82) is 0 Å². The first kappa shape index (κ1) is 11.5. The van der Waals surface area contributed by atoms with E-state index in [0.717, 1.165) is 0 Å². The number of aromatic amines is 1. The summed E-state index contributed by atoms with van der Waals surface area (Å²) in [5, 5.41) is 0.339. The van der Waals surface area contributed by atoms with Crippen molar-refractivity contribution < 1.29 is 4.39 Å². The summed E-state index contributed by atoms with van der Waals surface area (Å²) in [5.41, 5.74) is 0.122. The minimum absolute atomic E-state index is 0.253. The van der Waals surface area contributed by atoms with E-state index in [1.165, 1.54) is 30.5 Å². The Morgan fingerprint density at radius 3 is 2.82 bits per heavy atom. The maximum Gasteiger partial charge on any atom is 0.251 e. The van der Waals surface area contributed by atoms with Crippen LogP contribution in [0.4, 0.5) is 4.39 Å². The molecule has 0 saturated heterocycles. The Kier molecular flexibility index (Phi) is 3.35. The molecule has 1 heterocycles. The Morgan fingerprint density at radius 1 is 1.29 bits per heavy atom. The minimum atomic E-state index is -0.424. The van der Waals surface area contributed by atoms with Crippen molar-refractivity contribution in [2.45, 2.75) is 0 Å². The summed E-state index contributed by atoms with van der Waals surface area (Å²) in [4.78, 5) is 17.4. The first-order chi connectivity index (χ1) is 8.15. The van der Waals surface area contributed by atoms with Crippen LogP contribution >= 0.6 is 11.6 Å². The summed E-state index contributed by atoms with van der Waals surface area (Å²) in [5.74, 6) is -0.0566. The number of hydrogen-bond donors (Lipinski definition) is 1. The minimum Gasteiger partial charge on any atom is -0.307 e. The van der Waals surface area contributed by atoms with Crippen molar-refractivity contribution in [2.24, 2.45) is 0 Å². The van der Waals surface area contributed by atoms with E-state index in [9.17, 15) is 9.18 Å². The van der Waals surface area contributed by atoms with E-state index in [1.54, 1.807) is 12.1 Å². The number of hydrogen-bond acceptors (Lipinski definition) is 2. The Labute approximate surface area is 102 Å². The smallest absolute Gasteiger partial charge is 0.251 e. The Bertz CT molecular complexity index is 622. The van der Waals surface area contributed by atoms with E-state index in [0.29, 0.717) is 16.4 Å². The Morgan fingerprint density at radius 2 is 2.12 bits per heavy atom. The lowest BCUT2D eigenvalue weighted by molar-refractivity contribution is 0.625. The quantitative estimate of drug-likeness (QED) is 0.891. The van der Waals surface area contributed by atoms with Crippen LogP contribution < -0.4 is 5.56 Å². The number of nitrogens with zero attached hydrogens (tertiary/aromatic N) is 1. The molecule has 0 bridgehead atoms. The predicted molar refractivity (Wildman–Crippen MR) is 65.2 cm³/mol. The van der Waals surface area contributed by atoms with Gasteiger partial charge < -0.3 is 4.98 Å². The zero-order valence-electron chi connectivity index (χ0n) is 8.65. The van der Waals surface area contributed by atoms with Crippen LogP contribution in [0.15, 0.2) is 35.3 Å². The first-order valence-corrected chi connectivity index (χ1v) is 5.21. The van der Waals surface area contributed by atoms with E-state index in [4.69, 9.17) is 11.6 Å². The summed E-state index contributed by atoms with van der Waals surface area (Å²) >= 11 is 5.63. The van der Waals surface area contributed by atoms with E-state index >= 15 is 0 Å². The Hall–Kier alpha value is -1.94. The molecule has 0 saturated carbocycles. The Balaban J connectivity index is 2.29. The third-order valence-corrected chi connectivity index (χ3v) is 2.31. The van der Waals surface area contributed by atoms with Gasteiger partial charge >= 0.3 is 0 Å². The normalized spacial score (nSPS) is 10.9. The lowest BCUT2D eigenvalue weighted by Crippen LogP contribution is -2.05. The number of halogens is 2. The second-order valence-corrected chi connectivity index (χ2v) is 3.75. The van der Waals surface area contributed by atoms with Crippen LogP contribution in [-0.4, -0.2) is 9.97 Å². The SMILES string of the molecule is O=c1ccnc(C=Cc2ccc(Cl)cc2F)[nH]1. The molecule has 2 rings (SSSR count). The molecule has 0 aliphatic rings. The molecule has 17 heavy (non-hydrogen) atoms. The molecule has 5 heteroatoms. The van der Waals surface area contributed by atoms with Crippen molar-refractivity contribution in [1.82, 2.24) is 9.97 Å². The highest BCUT2D eigenvalue weighted by molar-refractivity contribution is 6.30. The molecule has 86 valence electrons. The van der Waals surface area contributed by atoms with Crippen LogP contribution in [0, 0.1) is 5.82 Å². The van der Waals surface area contributed by atoms with Crippen molar-refractivity contribution in [2.75, 3.05) is 0 Å². The van der Waals surface area contributed by atoms with Crippen LogP contribution in [0.3, 0.4) is 0 Å². The van der Waals surface area contributed by atoms with Gasteiger partial charge in [0.15, 0.2) is 0 Å². The fourth-order valence-electron chi connectivity index (χ4n) is 1.28. The maximum absolute atomic E-state index is 13.4. The molecule has 1 aromatic carbocycles. The van der Waals surface area contributed by atoms with Crippen LogP contribution in [0.2, 0.25) is 5.02 Å². The van der Waals surface area contributed by atoms with Crippen molar-refractivity contribution in [3.05, 3.63) is 63.0 Å². The zero-order chi connectivity index (χ0) is 12.3. The summed E-state index contributed by atoms with van der Waals surface area (Å²) in [6.45, 7) is 0. The molecule has 0 fully saturated rings. The lowest BCUT2D eigenvalue weighted by Gasteiger charge is -1.97. The monoisotopic (exact) mass is 250 g/mol. The summed E-state index contributed by atoms with van der Waals surface area (Å²) in [7, 11) is 0. The van der Waals surface area contributed by atoms with Crippen LogP contribution in [0.5, 0.6) is 0 Å². The van der Waals surface area contributed by atoms with Gasteiger partial charge in [-0.05, 0) is 24.3 Å². The van der Waals surface area contributed by atoms with E-state index < -0.39 is 5.82 Å². The topological polar surface area (TPSA) is 45.8 Å². The molecule has 0 atom stereocenters. The molecule has 0 aliphatic heterocycles. The van der Waals surface area contributed by atoms with Gasteiger partial charge in [0.25, 0.3) is 5.56 Å². The standard InChI is InChI=1S/C12H8ClFN2O/c13-9-3-1-8(10(14)7-9)2-4-11-15-6-5-12(17)16-11/h1-7H,(H,15,16,17). The van der Waals surface area contributed by atoms with E-state index in [-0.39, 0.29) is 5.56 Å². The molecule has 1 N–H and O–H groups in total. The molecule has 0 amide bonds. The number of nitrogens with one attached hydrogen (secondary N) is 1. The average Bonchev–Trinajstić information content (AvgIpc) is 2.28. The highest BCUT2D eigenvalue weighted by Crippen LogP contribution is 2.16. The van der Waals surface area contributed by atoms with E-state index in [2.05, 4.69) is 9.97 Å². The van der Waals surface area contributed by atoms with Crippen molar-refractivity contribution in [3.63, 3.8) is 0 Å². The van der Waals surface area contributed by atoms with Gasteiger partial charge in [-0.25, -0.2) is 9.37 Å². The summed E-state index contributed by atoms with van der Waals surface area (Å²) in [6.07, 6.45) is 4.42. The molecule has 2 aromatic rings. The van der Waals surface area contributed by atoms with E-state index in [1.807, 2.05) is 0 Å². The second kappa shape index (κ2) is 4.93. The maximum atomic E-state index is 13.4. The van der Waals surface area contributed by atoms with Gasteiger partial charge in [0.1, 0.15) is 11.6 Å². The number of H-pyrrole nitrogens is 1. The third-order valence-electron chi connectivity index (χ3n) is 2.07. The largest absolute Gasteiger partial charge is 0.307 e. The van der Waals surface area contributed by atoms with Crippen LogP contribution in [-0.2, 0) is 0 Å². The number of benzene rings is 1.